The fourth-order valence-electron chi connectivity index (χ4n) is 2.49. The van der Waals surface area contributed by atoms with Crippen LogP contribution in [0.3, 0.4) is 0 Å². The van der Waals surface area contributed by atoms with Gasteiger partial charge in [0.05, 0.1) is 0 Å². The highest BCUT2D eigenvalue weighted by atomic mass is 35.5. The minimum atomic E-state index is -0.977. The Morgan fingerprint density at radius 3 is 2.55 bits per heavy atom. The summed E-state index contributed by atoms with van der Waals surface area (Å²) in [5.74, 6) is 0.198. The zero-order valence-electron chi connectivity index (χ0n) is 10.7. The molecule has 2 N–H and O–H groups in total. The molecule has 0 aliphatic heterocycles. The van der Waals surface area contributed by atoms with E-state index in [0.717, 1.165) is 23.1 Å². The number of hydrogen-bond donors (Lipinski definition) is 2. The van der Waals surface area contributed by atoms with Crippen molar-refractivity contribution < 1.29 is 9.90 Å². The van der Waals surface area contributed by atoms with Crippen LogP contribution < -0.4 is 5.32 Å². The van der Waals surface area contributed by atoms with Crippen LogP contribution in [-0.2, 0) is 0 Å². The molecule has 20 heavy (non-hydrogen) atoms. The van der Waals surface area contributed by atoms with Gasteiger partial charge in [-0.3, -0.25) is 0 Å². The van der Waals surface area contributed by atoms with Crippen molar-refractivity contribution in [3.05, 3.63) is 59.1 Å². The lowest BCUT2D eigenvalue weighted by Gasteiger charge is -2.07. The predicted molar refractivity (Wildman–Crippen MR) is 79.2 cm³/mol. The van der Waals surface area contributed by atoms with Gasteiger partial charge in [-0.25, -0.2) is 4.79 Å². The molecule has 1 aliphatic carbocycles. The summed E-state index contributed by atoms with van der Waals surface area (Å²) in [5.41, 5.74) is 3.21. The van der Waals surface area contributed by atoms with E-state index in [1.54, 1.807) is 0 Å². The van der Waals surface area contributed by atoms with Crippen molar-refractivity contribution in [2.24, 2.45) is 0 Å². The summed E-state index contributed by atoms with van der Waals surface area (Å²) in [6.45, 7) is 0. The highest BCUT2D eigenvalue weighted by Gasteiger charge is 2.40. The molecule has 102 valence electrons. The maximum absolute atomic E-state index is 10.6. The Kier molecular flexibility index (Phi) is 3.36. The van der Waals surface area contributed by atoms with Gasteiger partial charge in [0.2, 0.25) is 0 Å². The molecule has 4 heteroatoms. The Hall–Kier alpha value is -2.00. The average molecular weight is 288 g/mol. The largest absolute Gasteiger partial charge is 0.465 e. The first-order valence-electron chi connectivity index (χ1n) is 6.49. The second-order valence-electron chi connectivity index (χ2n) is 5.00. The Bertz CT molecular complexity index is 642. The molecular weight excluding hydrogens is 274 g/mol. The summed E-state index contributed by atoms with van der Waals surface area (Å²) in [5, 5.41) is 11.9. The molecule has 1 fully saturated rings. The smallest absolute Gasteiger partial charge is 0.404 e. The van der Waals surface area contributed by atoms with Crippen LogP contribution >= 0.6 is 11.6 Å². The van der Waals surface area contributed by atoms with Gasteiger partial charge in [-0.1, -0.05) is 54.1 Å². The van der Waals surface area contributed by atoms with Crippen molar-refractivity contribution >= 4 is 17.7 Å². The van der Waals surface area contributed by atoms with Crippen LogP contribution in [0.1, 0.15) is 17.9 Å². The van der Waals surface area contributed by atoms with Gasteiger partial charge in [0, 0.05) is 17.0 Å². The van der Waals surface area contributed by atoms with Crippen molar-refractivity contribution in [3.63, 3.8) is 0 Å². The number of halogens is 1. The van der Waals surface area contributed by atoms with Crippen LogP contribution in [0.2, 0.25) is 5.02 Å². The number of amides is 1. The van der Waals surface area contributed by atoms with Crippen LogP contribution in [0.15, 0.2) is 48.5 Å². The van der Waals surface area contributed by atoms with Crippen LogP contribution in [0.5, 0.6) is 0 Å². The fourth-order valence-corrected chi connectivity index (χ4v) is 2.82. The molecule has 2 aromatic carbocycles. The molecule has 0 radical (unpaired) electrons. The zero-order chi connectivity index (χ0) is 14.1. The van der Waals surface area contributed by atoms with E-state index in [2.05, 4.69) is 5.32 Å². The Balaban J connectivity index is 1.81. The summed E-state index contributed by atoms with van der Waals surface area (Å²) in [4.78, 5) is 10.6. The van der Waals surface area contributed by atoms with E-state index >= 15 is 0 Å². The quantitative estimate of drug-likeness (QED) is 0.892. The molecule has 0 saturated heterocycles. The Labute approximate surface area is 122 Å². The number of carboxylic acid groups (broad SMARTS) is 1. The van der Waals surface area contributed by atoms with E-state index in [9.17, 15) is 4.79 Å². The topological polar surface area (TPSA) is 49.3 Å². The average Bonchev–Trinajstić information content (AvgIpc) is 3.17. The first-order chi connectivity index (χ1) is 9.65. The van der Waals surface area contributed by atoms with E-state index in [1.165, 1.54) is 0 Å². The number of nitrogens with one attached hydrogen (secondary N) is 1. The van der Waals surface area contributed by atoms with Gasteiger partial charge in [0.15, 0.2) is 0 Å². The summed E-state index contributed by atoms with van der Waals surface area (Å²) < 4.78 is 0. The molecule has 3 nitrogen and oxygen atoms in total. The number of carbonyl (C=O) groups is 1. The van der Waals surface area contributed by atoms with E-state index in [-0.39, 0.29) is 12.0 Å². The van der Waals surface area contributed by atoms with E-state index in [0.29, 0.717) is 5.02 Å². The zero-order valence-corrected chi connectivity index (χ0v) is 11.5. The van der Waals surface area contributed by atoms with Crippen LogP contribution in [-0.4, -0.2) is 17.2 Å². The summed E-state index contributed by atoms with van der Waals surface area (Å²) in [6.07, 6.45) is -0.161. The Morgan fingerprint density at radius 2 is 1.90 bits per heavy atom. The minimum Gasteiger partial charge on any atom is -0.465 e. The molecule has 3 rings (SSSR count). The van der Waals surface area contributed by atoms with Crippen LogP contribution in [0.25, 0.3) is 11.1 Å². The summed E-state index contributed by atoms with van der Waals surface area (Å²) >= 11 is 6.34. The monoisotopic (exact) mass is 287 g/mol. The molecule has 2 aromatic rings. The molecule has 0 spiro atoms. The molecule has 0 unspecified atom stereocenters. The number of benzene rings is 2. The van der Waals surface area contributed by atoms with Crippen LogP contribution in [0, 0.1) is 0 Å². The third kappa shape index (κ3) is 2.63. The lowest BCUT2D eigenvalue weighted by atomic mass is 10.0. The molecule has 1 amide bonds. The third-order valence-electron chi connectivity index (χ3n) is 3.61. The van der Waals surface area contributed by atoms with E-state index < -0.39 is 6.09 Å². The lowest BCUT2D eigenvalue weighted by molar-refractivity contribution is 0.193. The van der Waals surface area contributed by atoms with Gasteiger partial charge in [-0.05, 0) is 29.2 Å². The molecule has 1 saturated carbocycles. The van der Waals surface area contributed by atoms with Gasteiger partial charge in [0.25, 0.3) is 0 Å². The van der Waals surface area contributed by atoms with Crippen molar-refractivity contribution in [1.29, 1.82) is 0 Å². The van der Waals surface area contributed by atoms with Gasteiger partial charge in [-0.15, -0.1) is 0 Å². The second kappa shape index (κ2) is 5.17. The van der Waals surface area contributed by atoms with E-state index in [1.807, 2.05) is 48.5 Å². The predicted octanol–water partition coefficient (Wildman–Crippen LogP) is 4.13. The van der Waals surface area contributed by atoms with Gasteiger partial charge in [0.1, 0.15) is 0 Å². The first kappa shape index (κ1) is 13.0. The highest BCUT2D eigenvalue weighted by molar-refractivity contribution is 6.31. The van der Waals surface area contributed by atoms with Crippen molar-refractivity contribution in [2.45, 2.75) is 18.4 Å². The highest BCUT2D eigenvalue weighted by Crippen LogP contribution is 2.44. The van der Waals surface area contributed by atoms with Crippen molar-refractivity contribution in [3.8, 4) is 11.1 Å². The second-order valence-corrected chi connectivity index (χ2v) is 5.41. The first-order valence-corrected chi connectivity index (χ1v) is 6.87. The van der Waals surface area contributed by atoms with Crippen LogP contribution in [0.4, 0.5) is 4.79 Å². The van der Waals surface area contributed by atoms with Gasteiger partial charge in [-0.2, -0.15) is 0 Å². The standard InChI is InChI=1S/C16H14ClNO2/c17-14-8-11(10-4-2-1-3-5-10)6-7-12(14)13-9-15(13)18-16(19)20/h1-8,13,15,18H,9H2,(H,19,20)/t13-,15+/m0/s1. The molecule has 1 aliphatic rings. The summed E-state index contributed by atoms with van der Waals surface area (Å²) in [7, 11) is 0. The third-order valence-corrected chi connectivity index (χ3v) is 3.93. The van der Waals surface area contributed by atoms with Crippen molar-refractivity contribution in [1.82, 2.24) is 5.32 Å². The normalized spacial score (nSPS) is 20.4. The molecule has 0 heterocycles. The SMILES string of the molecule is O=C(O)N[C@@H]1C[C@H]1c1ccc(-c2ccccc2)cc1Cl. The lowest BCUT2D eigenvalue weighted by Crippen LogP contribution is -2.24. The maximum atomic E-state index is 10.6. The van der Waals surface area contributed by atoms with E-state index in [4.69, 9.17) is 16.7 Å². The molecule has 0 aromatic heterocycles. The molecule has 0 bridgehead atoms. The van der Waals surface area contributed by atoms with Gasteiger partial charge < -0.3 is 10.4 Å². The molecule has 2 atom stereocenters. The number of hydrogen-bond acceptors (Lipinski definition) is 1. The van der Waals surface area contributed by atoms with Gasteiger partial charge >= 0.3 is 6.09 Å². The fraction of sp³-hybridized carbons (Fsp3) is 0.188. The Morgan fingerprint density at radius 1 is 1.15 bits per heavy atom. The van der Waals surface area contributed by atoms with Crippen molar-refractivity contribution in [2.75, 3.05) is 0 Å². The molecular formula is C16H14ClNO2. The number of rotatable bonds is 3. The maximum Gasteiger partial charge on any atom is 0.404 e. The minimum absolute atomic E-state index is 0.00687. The summed E-state index contributed by atoms with van der Waals surface area (Å²) in [6, 6.07) is 16.0.